The van der Waals surface area contributed by atoms with Gasteiger partial charge in [-0.3, -0.25) is 0 Å². The Balaban J connectivity index is 0.000000301. The van der Waals surface area contributed by atoms with Crippen LogP contribution in [0.4, 0.5) is 0 Å². The van der Waals surface area contributed by atoms with Gasteiger partial charge in [0, 0.05) is 23.6 Å². The van der Waals surface area contributed by atoms with Gasteiger partial charge in [0.25, 0.3) is 0 Å². The van der Waals surface area contributed by atoms with E-state index in [4.69, 9.17) is 0 Å². The van der Waals surface area contributed by atoms with Crippen LogP contribution in [0.3, 0.4) is 0 Å². The summed E-state index contributed by atoms with van der Waals surface area (Å²) in [5.74, 6) is -1.19. The molecule has 0 bridgehead atoms. The number of carbonyl (C=O) groups excluding carboxylic acids is 1. The van der Waals surface area contributed by atoms with Crippen molar-refractivity contribution in [2.75, 3.05) is 0 Å². The smallest absolute Gasteiger partial charge is 0.217 e. The van der Waals surface area contributed by atoms with Gasteiger partial charge in [0.1, 0.15) is 0 Å². The fourth-order valence-corrected chi connectivity index (χ4v) is 2.04. The van der Waals surface area contributed by atoms with E-state index in [2.05, 4.69) is 78.1 Å². The van der Waals surface area contributed by atoms with Gasteiger partial charge in [0.15, 0.2) is 12.4 Å². The lowest BCUT2D eigenvalue weighted by Gasteiger charge is -1.95. The van der Waals surface area contributed by atoms with Crippen molar-refractivity contribution >= 4 is 29.1 Å². The fourth-order valence-electron chi connectivity index (χ4n) is 2.04. The van der Waals surface area contributed by atoms with Gasteiger partial charge in [-0.1, -0.05) is 49.0 Å². The van der Waals surface area contributed by atoms with E-state index in [0.717, 1.165) is 0 Å². The van der Waals surface area contributed by atoms with Crippen molar-refractivity contribution in [3.05, 3.63) is 90.6 Å². The second-order valence-corrected chi connectivity index (χ2v) is 5.27. The first-order chi connectivity index (χ1) is 11.6. The molecule has 0 aliphatic heterocycles. The minimum Gasteiger partial charge on any atom is -0.545 e. The van der Waals surface area contributed by atoms with E-state index in [1.165, 1.54) is 23.4 Å². The highest BCUT2D eigenvalue weighted by atomic mass is 16.4. The van der Waals surface area contributed by atoms with Crippen molar-refractivity contribution in [1.29, 1.82) is 0 Å². The van der Waals surface area contributed by atoms with Crippen LogP contribution in [-0.2, 0) is 4.79 Å². The summed E-state index contributed by atoms with van der Waals surface area (Å²) in [4.78, 5) is 9.49. The number of fused-ring (bicyclic) bond motifs is 1. The van der Waals surface area contributed by atoms with Crippen molar-refractivity contribution in [1.82, 2.24) is 0 Å². The molecule has 1 heterocycles. The van der Waals surface area contributed by atoms with Crippen LogP contribution in [0, 0.1) is 0 Å². The molecule has 120 valence electrons. The van der Waals surface area contributed by atoms with Crippen molar-refractivity contribution in [3.8, 4) is 0 Å². The van der Waals surface area contributed by atoms with Gasteiger partial charge in [-0.25, -0.2) is 0 Å². The van der Waals surface area contributed by atoms with Crippen LogP contribution >= 0.6 is 0 Å². The topological polar surface area (TPSA) is 44.0 Å². The number of benzene rings is 2. The van der Waals surface area contributed by atoms with Gasteiger partial charge in [-0.2, -0.15) is 4.57 Å². The highest BCUT2D eigenvalue weighted by Gasteiger charge is 2.03. The Morgan fingerprint density at radius 3 is 2.25 bits per heavy atom. The lowest BCUT2D eigenvalue weighted by molar-refractivity contribution is -0.538. The molecule has 3 nitrogen and oxygen atoms in total. The molecule has 0 saturated carbocycles. The zero-order valence-electron chi connectivity index (χ0n) is 13.6. The van der Waals surface area contributed by atoms with Crippen LogP contribution in [0.5, 0.6) is 0 Å². The Morgan fingerprint density at radius 2 is 1.58 bits per heavy atom. The third kappa shape index (κ3) is 4.92. The molecule has 0 atom stereocenters. The number of rotatable bonds is 3. The van der Waals surface area contributed by atoms with Gasteiger partial charge in [0.2, 0.25) is 5.52 Å². The maximum atomic E-state index is 9.49. The van der Waals surface area contributed by atoms with E-state index >= 15 is 0 Å². The summed E-state index contributed by atoms with van der Waals surface area (Å²) in [7, 11) is 0. The highest BCUT2D eigenvalue weighted by Crippen LogP contribution is 2.08. The van der Waals surface area contributed by atoms with Crippen LogP contribution in [0.25, 0.3) is 23.2 Å². The summed E-state index contributed by atoms with van der Waals surface area (Å²) in [5.41, 5.74) is 2.49. The molecule has 3 aromatic rings. The minimum atomic E-state index is -1.19. The van der Waals surface area contributed by atoms with Crippen molar-refractivity contribution in [2.45, 2.75) is 6.92 Å². The van der Waals surface area contributed by atoms with E-state index in [9.17, 15) is 9.90 Å². The molecule has 0 aliphatic carbocycles. The fraction of sp³-hybridized carbons (Fsp3) is 0.0476. The quantitative estimate of drug-likeness (QED) is 0.550. The van der Waals surface area contributed by atoms with Gasteiger partial charge in [0.05, 0.1) is 5.97 Å². The average molecular weight is 317 g/mol. The van der Waals surface area contributed by atoms with E-state index in [1.54, 1.807) is 0 Å². The predicted molar refractivity (Wildman–Crippen MR) is 95.6 cm³/mol. The van der Waals surface area contributed by atoms with Crippen LogP contribution in [0.2, 0.25) is 0 Å². The number of aliphatic carboxylic acids is 1. The number of aromatic nitrogens is 1. The number of hydrogen-bond donors (Lipinski definition) is 0. The molecule has 0 spiro atoms. The molecule has 0 unspecified atom stereocenters. The highest BCUT2D eigenvalue weighted by molar-refractivity contribution is 5.82. The number of carbonyl (C=O) groups is 1. The number of carboxylic acid groups (broad SMARTS) is 1. The van der Waals surface area contributed by atoms with Crippen molar-refractivity contribution < 1.29 is 14.5 Å². The zero-order chi connectivity index (χ0) is 17.4. The second-order valence-electron chi connectivity index (χ2n) is 5.27. The largest absolute Gasteiger partial charge is 0.545 e. The molecule has 3 rings (SSSR count). The van der Waals surface area contributed by atoms with Gasteiger partial charge in [-0.15, -0.1) is 0 Å². The predicted octanol–water partition coefficient (Wildman–Crippen LogP) is 3.07. The van der Waals surface area contributed by atoms with E-state index in [0.29, 0.717) is 0 Å². The molecule has 0 N–H and O–H groups in total. The van der Waals surface area contributed by atoms with Crippen LogP contribution < -0.4 is 9.67 Å². The van der Waals surface area contributed by atoms with E-state index in [1.807, 2.05) is 18.2 Å². The number of nitrogens with zero attached hydrogens (tertiary/aromatic N) is 1. The number of hydrogen-bond acceptors (Lipinski definition) is 2. The Morgan fingerprint density at radius 1 is 1.00 bits per heavy atom. The van der Waals surface area contributed by atoms with Gasteiger partial charge in [-0.05, 0) is 30.2 Å². The Labute approximate surface area is 141 Å². The SMILES string of the molecule is C(=C[n+]1cccc2ccccc21)c1ccccc1.C=C(C)C(=O)[O-]. The van der Waals surface area contributed by atoms with Gasteiger partial charge >= 0.3 is 0 Å². The number of para-hydroxylation sites is 1. The normalized spacial score (nSPS) is 10.2. The summed E-state index contributed by atoms with van der Waals surface area (Å²) < 4.78 is 2.14. The molecule has 1 aromatic heterocycles. The molecule has 0 saturated heterocycles. The zero-order valence-corrected chi connectivity index (χ0v) is 13.6. The average Bonchev–Trinajstić information content (AvgIpc) is 2.61. The molecule has 24 heavy (non-hydrogen) atoms. The lowest BCUT2D eigenvalue weighted by atomic mass is 10.2. The maximum Gasteiger partial charge on any atom is 0.217 e. The third-order valence-electron chi connectivity index (χ3n) is 3.31. The molecule has 0 amide bonds. The lowest BCUT2D eigenvalue weighted by Crippen LogP contribution is -2.25. The first-order valence-corrected chi connectivity index (χ1v) is 7.57. The molecular formula is C21H19NO2. The molecule has 0 fully saturated rings. The standard InChI is InChI=1S/C17H14N.C4H6O2/c1-2-7-15(8-3-1)12-14-18-13-6-10-16-9-4-5-11-17(16)18;1-3(2)4(5)6/h1-14H;1H2,2H3,(H,5,6)/q+1;/p-1. The molecular weight excluding hydrogens is 298 g/mol. The first-order valence-electron chi connectivity index (χ1n) is 7.57. The number of carboxylic acids is 1. The van der Waals surface area contributed by atoms with E-state index in [-0.39, 0.29) is 5.57 Å². The summed E-state index contributed by atoms with van der Waals surface area (Å²) in [6, 6.07) is 22.9. The Hall–Kier alpha value is -3.20. The summed E-state index contributed by atoms with van der Waals surface area (Å²) in [6.07, 6.45) is 6.28. The number of pyridine rings is 1. The Bertz CT molecular complexity index is 850. The summed E-state index contributed by atoms with van der Waals surface area (Å²) >= 11 is 0. The van der Waals surface area contributed by atoms with Crippen molar-refractivity contribution in [3.63, 3.8) is 0 Å². The Kier molecular flexibility index (Phi) is 6.03. The van der Waals surface area contributed by atoms with Crippen LogP contribution in [0.15, 0.2) is 85.1 Å². The first kappa shape index (κ1) is 17.2. The third-order valence-corrected chi connectivity index (χ3v) is 3.31. The second kappa shape index (κ2) is 8.44. The van der Waals surface area contributed by atoms with Crippen LogP contribution in [0.1, 0.15) is 12.5 Å². The van der Waals surface area contributed by atoms with Crippen LogP contribution in [-0.4, -0.2) is 5.97 Å². The molecule has 0 radical (unpaired) electrons. The summed E-state index contributed by atoms with van der Waals surface area (Å²) in [5, 5.41) is 10.7. The molecule has 3 heteroatoms. The van der Waals surface area contributed by atoms with Crippen molar-refractivity contribution in [2.24, 2.45) is 0 Å². The molecule has 0 aliphatic rings. The van der Waals surface area contributed by atoms with E-state index < -0.39 is 5.97 Å². The van der Waals surface area contributed by atoms with Gasteiger partial charge < -0.3 is 9.90 Å². The minimum absolute atomic E-state index is 0.0648. The maximum absolute atomic E-state index is 9.49. The monoisotopic (exact) mass is 317 g/mol. The molecule has 2 aromatic carbocycles. The summed E-state index contributed by atoms with van der Waals surface area (Å²) in [6.45, 7) is 4.48.